The molecule has 0 N–H and O–H groups in total. The summed E-state index contributed by atoms with van der Waals surface area (Å²) in [7, 11) is -8.30. The summed E-state index contributed by atoms with van der Waals surface area (Å²) in [4.78, 5) is 0. The van der Waals surface area contributed by atoms with Gasteiger partial charge in [0.1, 0.15) is 0 Å². The highest BCUT2D eigenvalue weighted by atomic mass is 32.2. The zero-order chi connectivity index (χ0) is 19.5. The summed E-state index contributed by atoms with van der Waals surface area (Å²) >= 11 is 0. The molecule has 8 heteroatoms. The lowest BCUT2D eigenvalue weighted by molar-refractivity contribution is -0.0500. The van der Waals surface area contributed by atoms with E-state index in [0.717, 1.165) is 96.3 Å². The molecular weight excluding hydrogens is 396 g/mol. The van der Waals surface area contributed by atoms with Crippen LogP contribution in [0, 0.1) is 0 Å². The Labute approximate surface area is 162 Å². The second kappa shape index (κ2) is 8.87. The third-order valence-corrected chi connectivity index (χ3v) is 14.3. The molecule has 3 saturated carbocycles. The van der Waals surface area contributed by atoms with E-state index < -0.39 is 23.1 Å². The van der Waals surface area contributed by atoms with Crippen LogP contribution in [-0.2, 0) is 14.1 Å². The van der Waals surface area contributed by atoms with Crippen LogP contribution in [0.1, 0.15) is 96.3 Å². The van der Waals surface area contributed by atoms with E-state index in [4.69, 9.17) is 3.97 Å². The fraction of sp³-hybridized carbons (Fsp3) is 1.00. The van der Waals surface area contributed by atoms with E-state index in [1.54, 1.807) is 0 Å². The van der Waals surface area contributed by atoms with Crippen molar-refractivity contribution in [3.05, 3.63) is 0 Å². The fourth-order valence-electron chi connectivity index (χ4n) is 5.74. The van der Waals surface area contributed by atoms with Crippen molar-refractivity contribution in [1.82, 2.24) is 0 Å². The molecule has 27 heavy (non-hydrogen) atoms. The SMILES string of the molecule is O=S(=O)(O[P+](C1CCCCC1)(C1CCCCC1)C1CCCCC1)C(F)(F)F. The van der Waals surface area contributed by atoms with Gasteiger partial charge in [-0.3, -0.25) is 0 Å². The zero-order valence-corrected chi connectivity index (χ0v) is 17.8. The highest BCUT2D eigenvalue weighted by molar-refractivity contribution is 7.95. The van der Waals surface area contributed by atoms with Gasteiger partial charge in [-0.05, 0) is 77.0 Å². The molecule has 0 amide bonds. The van der Waals surface area contributed by atoms with Crippen molar-refractivity contribution < 1.29 is 25.6 Å². The molecule has 0 bridgehead atoms. The summed E-state index contributed by atoms with van der Waals surface area (Å²) in [6.07, 6.45) is 14.3. The monoisotopic (exact) mass is 429 g/mol. The molecule has 0 saturated heterocycles. The number of halogens is 3. The Morgan fingerprint density at radius 2 is 0.926 bits per heavy atom. The van der Waals surface area contributed by atoms with Gasteiger partial charge >= 0.3 is 15.6 Å². The summed E-state index contributed by atoms with van der Waals surface area (Å²) in [6.45, 7) is 0. The maximum absolute atomic E-state index is 13.4. The van der Waals surface area contributed by atoms with Gasteiger partial charge in [-0.1, -0.05) is 19.3 Å². The van der Waals surface area contributed by atoms with E-state index in [9.17, 15) is 21.6 Å². The molecule has 3 fully saturated rings. The molecule has 3 aliphatic carbocycles. The van der Waals surface area contributed by atoms with Gasteiger partial charge in [0, 0.05) is 0 Å². The standard InChI is InChI=1S/C19H33F3O3PS/c20-19(21,22)27(23,24)25-26(16-10-4-1-5-11-16,17-12-6-2-7-13-17)18-14-8-3-9-15-18/h16-18H,1-15H2/q+1. The van der Waals surface area contributed by atoms with Crippen molar-refractivity contribution in [3.63, 3.8) is 0 Å². The van der Waals surface area contributed by atoms with Crippen molar-refractivity contribution >= 4 is 17.6 Å². The maximum Gasteiger partial charge on any atom is 0.526 e. The number of hydrogen-bond acceptors (Lipinski definition) is 3. The highest BCUT2D eigenvalue weighted by Gasteiger charge is 2.66. The van der Waals surface area contributed by atoms with Gasteiger partial charge in [-0.25, -0.2) is 0 Å². The molecule has 0 radical (unpaired) electrons. The van der Waals surface area contributed by atoms with E-state index in [2.05, 4.69) is 0 Å². The van der Waals surface area contributed by atoms with Crippen LogP contribution in [0.2, 0.25) is 0 Å². The third kappa shape index (κ3) is 4.66. The maximum atomic E-state index is 13.4. The molecule has 0 aromatic carbocycles. The van der Waals surface area contributed by atoms with Crippen molar-refractivity contribution in [2.45, 2.75) is 119 Å². The first kappa shape index (κ1) is 21.8. The van der Waals surface area contributed by atoms with E-state index in [1.807, 2.05) is 0 Å². The van der Waals surface area contributed by atoms with E-state index >= 15 is 0 Å². The summed E-state index contributed by atoms with van der Waals surface area (Å²) in [5.74, 6) is 0. The summed E-state index contributed by atoms with van der Waals surface area (Å²) in [5.41, 5.74) is -5.21. The van der Waals surface area contributed by atoms with Crippen LogP contribution in [0.5, 0.6) is 0 Å². The van der Waals surface area contributed by atoms with Crippen molar-refractivity contribution in [2.75, 3.05) is 0 Å². The topological polar surface area (TPSA) is 43.4 Å². The van der Waals surface area contributed by atoms with E-state index in [-0.39, 0.29) is 17.0 Å². The largest absolute Gasteiger partial charge is 0.526 e. The van der Waals surface area contributed by atoms with Crippen molar-refractivity contribution in [3.8, 4) is 0 Å². The zero-order valence-electron chi connectivity index (χ0n) is 16.1. The molecule has 0 aromatic rings. The first-order valence-electron chi connectivity index (χ1n) is 10.7. The molecular formula is C19H33F3O3PS+. The minimum absolute atomic E-state index is 0.0366. The number of rotatable bonds is 5. The van der Waals surface area contributed by atoms with Gasteiger partial charge in [0.15, 0.2) is 7.49 Å². The molecule has 3 aliphatic rings. The van der Waals surface area contributed by atoms with Gasteiger partial charge in [0.25, 0.3) is 0 Å². The summed E-state index contributed by atoms with van der Waals surface area (Å²) in [5, 5.41) is 0. The van der Waals surface area contributed by atoms with Crippen LogP contribution in [-0.4, -0.2) is 30.9 Å². The van der Waals surface area contributed by atoms with Gasteiger partial charge in [0.05, 0.1) is 17.0 Å². The Hall–Kier alpha value is 0.130. The Balaban J connectivity index is 2.04. The average molecular weight is 430 g/mol. The van der Waals surface area contributed by atoms with Crippen molar-refractivity contribution in [2.24, 2.45) is 0 Å². The highest BCUT2D eigenvalue weighted by Crippen LogP contribution is 2.79. The number of hydrogen-bond donors (Lipinski definition) is 0. The summed E-state index contributed by atoms with van der Waals surface area (Å²) in [6, 6.07) is 0. The predicted molar refractivity (Wildman–Crippen MR) is 104 cm³/mol. The fourth-order valence-corrected chi connectivity index (χ4v) is 14.2. The minimum Gasteiger partial charge on any atom is -0.186 e. The lowest BCUT2D eigenvalue weighted by atomic mass is 9.99. The second-order valence-corrected chi connectivity index (χ2v) is 14.3. The Morgan fingerprint density at radius 1 is 0.630 bits per heavy atom. The molecule has 0 atom stereocenters. The molecule has 3 nitrogen and oxygen atoms in total. The van der Waals surface area contributed by atoms with E-state index in [1.165, 1.54) is 0 Å². The average Bonchev–Trinajstić information content (AvgIpc) is 2.67. The van der Waals surface area contributed by atoms with Crippen molar-refractivity contribution in [1.29, 1.82) is 0 Å². The Morgan fingerprint density at radius 3 is 1.19 bits per heavy atom. The smallest absolute Gasteiger partial charge is 0.186 e. The van der Waals surface area contributed by atoms with Crippen LogP contribution in [0.25, 0.3) is 0 Å². The second-order valence-electron chi connectivity index (χ2n) is 8.61. The number of alkyl halides is 3. The van der Waals surface area contributed by atoms with E-state index in [0.29, 0.717) is 0 Å². The minimum atomic E-state index is -5.55. The Kier molecular flexibility index (Phi) is 7.17. The lowest BCUT2D eigenvalue weighted by Crippen LogP contribution is -2.40. The van der Waals surface area contributed by atoms with Crippen LogP contribution in [0.4, 0.5) is 13.2 Å². The lowest BCUT2D eigenvalue weighted by Gasteiger charge is -2.45. The molecule has 0 aromatic heterocycles. The molecule has 3 rings (SSSR count). The van der Waals surface area contributed by atoms with Crippen LogP contribution >= 0.6 is 7.49 Å². The molecule has 0 heterocycles. The molecule has 0 aliphatic heterocycles. The normalized spacial score (nSPS) is 25.6. The summed E-state index contributed by atoms with van der Waals surface area (Å²) < 4.78 is 70.2. The Bertz CT molecular complexity index is 530. The third-order valence-electron chi connectivity index (χ3n) is 6.95. The van der Waals surface area contributed by atoms with Gasteiger partial charge in [0.2, 0.25) is 0 Å². The molecule has 0 spiro atoms. The predicted octanol–water partition coefficient (Wildman–Crippen LogP) is 6.78. The van der Waals surface area contributed by atoms with Gasteiger partial charge < -0.3 is 0 Å². The first-order chi connectivity index (χ1) is 12.8. The quantitative estimate of drug-likeness (QED) is 0.357. The van der Waals surface area contributed by atoms with Gasteiger partial charge in [-0.15, -0.1) is 3.97 Å². The van der Waals surface area contributed by atoms with Crippen LogP contribution in [0.3, 0.4) is 0 Å². The van der Waals surface area contributed by atoms with Crippen LogP contribution < -0.4 is 0 Å². The van der Waals surface area contributed by atoms with Gasteiger partial charge in [-0.2, -0.15) is 21.6 Å². The first-order valence-corrected chi connectivity index (χ1v) is 14.0. The molecule has 0 unspecified atom stereocenters. The van der Waals surface area contributed by atoms with Crippen LogP contribution in [0.15, 0.2) is 0 Å². The molecule has 158 valence electrons.